The van der Waals surface area contributed by atoms with Crippen LogP contribution in [0.15, 0.2) is 0 Å². The summed E-state index contributed by atoms with van der Waals surface area (Å²) in [6.45, 7) is 7.93. The SMILES string of the molecule is CC(=O)[C@H]1[C@@H]2[C@@H](O)[C@@H](C(C)C)CC[C@@]2(C)C[C@H]1O. The number of hydrogen-bond donors (Lipinski definition) is 2. The molecule has 3 nitrogen and oxygen atoms in total. The molecule has 0 spiro atoms. The number of carbonyl (C=O) groups is 1. The van der Waals surface area contributed by atoms with Gasteiger partial charge in [0.1, 0.15) is 5.78 Å². The summed E-state index contributed by atoms with van der Waals surface area (Å²) in [5, 5.41) is 20.8. The third-order valence-corrected chi connectivity index (χ3v) is 5.46. The molecule has 104 valence electrons. The van der Waals surface area contributed by atoms with E-state index >= 15 is 0 Å². The van der Waals surface area contributed by atoms with Gasteiger partial charge in [-0.05, 0) is 43.4 Å². The maximum absolute atomic E-state index is 11.8. The first-order valence-corrected chi connectivity index (χ1v) is 7.14. The summed E-state index contributed by atoms with van der Waals surface area (Å²) in [5.74, 6) is 0.280. The summed E-state index contributed by atoms with van der Waals surface area (Å²) in [4.78, 5) is 11.8. The number of fused-ring (bicyclic) bond motifs is 1. The maximum atomic E-state index is 11.8. The van der Waals surface area contributed by atoms with E-state index in [4.69, 9.17) is 0 Å². The highest BCUT2D eigenvalue weighted by molar-refractivity contribution is 5.80. The molecule has 2 aliphatic carbocycles. The number of aliphatic hydroxyl groups is 2. The van der Waals surface area contributed by atoms with Crippen LogP contribution >= 0.6 is 0 Å². The van der Waals surface area contributed by atoms with Crippen molar-refractivity contribution in [2.45, 2.75) is 59.2 Å². The average Bonchev–Trinajstić information content (AvgIpc) is 2.49. The zero-order chi connectivity index (χ0) is 13.7. The van der Waals surface area contributed by atoms with Gasteiger partial charge in [-0.3, -0.25) is 4.79 Å². The molecule has 0 aliphatic heterocycles. The lowest BCUT2D eigenvalue weighted by atomic mass is 9.60. The predicted octanol–water partition coefficient (Wildman–Crippen LogP) is 2.01. The molecule has 2 fully saturated rings. The lowest BCUT2D eigenvalue weighted by Gasteiger charge is -2.46. The van der Waals surface area contributed by atoms with E-state index in [0.717, 1.165) is 12.8 Å². The standard InChI is InChI=1S/C15H26O3/c1-8(2)10-5-6-15(4)7-11(17)12(9(3)16)13(15)14(10)18/h8,10-14,17-18H,5-7H2,1-4H3/t10-,11-,12-,13-,14+,15+/m1/s1. The molecule has 2 N–H and O–H groups in total. The van der Waals surface area contributed by atoms with Gasteiger partial charge in [0, 0.05) is 11.8 Å². The van der Waals surface area contributed by atoms with Crippen LogP contribution in [-0.4, -0.2) is 28.2 Å². The summed E-state index contributed by atoms with van der Waals surface area (Å²) in [5.41, 5.74) is -0.0689. The van der Waals surface area contributed by atoms with Crippen molar-refractivity contribution in [2.75, 3.05) is 0 Å². The summed E-state index contributed by atoms with van der Waals surface area (Å²) >= 11 is 0. The lowest BCUT2D eigenvalue weighted by Crippen LogP contribution is -2.47. The van der Waals surface area contributed by atoms with Crippen molar-refractivity contribution >= 4 is 5.78 Å². The van der Waals surface area contributed by atoms with Crippen LogP contribution < -0.4 is 0 Å². The number of aliphatic hydroxyl groups excluding tert-OH is 2. The molecule has 0 bridgehead atoms. The van der Waals surface area contributed by atoms with Gasteiger partial charge in [0.15, 0.2) is 0 Å². The van der Waals surface area contributed by atoms with Gasteiger partial charge in [-0.25, -0.2) is 0 Å². The highest BCUT2D eigenvalue weighted by atomic mass is 16.3. The van der Waals surface area contributed by atoms with Crippen LogP contribution in [0.5, 0.6) is 0 Å². The van der Waals surface area contributed by atoms with E-state index in [1.54, 1.807) is 6.92 Å². The predicted molar refractivity (Wildman–Crippen MR) is 70.0 cm³/mol. The Morgan fingerprint density at radius 3 is 2.44 bits per heavy atom. The fourth-order valence-corrected chi connectivity index (χ4v) is 4.49. The Bertz CT molecular complexity index is 339. The van der Waals surface area contributed by atoms with Gasteiger partial charge in [-0.2, -0.15) is 0 Å². The Morgan fingerprint density at radius 1 is 1.33 bits per heavy atom. The molecule has 6 atom stereocenters. The van der Waals surface area contributed by atoms with Crippen LogP contribution in [0.1, 0.15) is 47.0 Å². The molecule has 0 aromatic rings. The van der Waals surface area contributed by atoms with Crippen LogP contribution in [0.3, 0.4) is 0 Å². The Morgan fingerprint density at radius 2 is 1.94 bits per heavy atom. The van der Waals surface area contributed by atoms with Crippen LogP contribution in [0, 0.1) is 29.1 Å². The smallest absolute Gasteiger partial charge is 0.135 e. The first kappa shape index (κ1) is 14.0. The summed E-state index contributed by atoms with van der Waals surface area (Å²) < 4.78 is 0. The lowest BCUT2D eigenvalue weighted by molar-refractivity contribution is -0.132. The molecule has 18 heavy (non-hydrogen) atoms. The molecule has 0 aromatic carbocycles. The molecule has 2 rings (SSSR count). The van der Waals surface area contributed by atoms with Gasteiger partial charge in [-0.15, -0.1) is 0 Å². The minimum absolute atomic E-state index is 0.0275. The number of carbonyl (C=O) groups excluding carboxylic acids is 1. The number of ketones is 1. The van der Waals surface area contributed by atoms with Crippen molar-refractivity contribution in [2.24, 2.45) is 29.1 Å². The monoisotopic (exact) mass is 254 g/mol. The second-order valence-corrected chi connectivity index (χ2v) is 7.02. The zero-order valence-electron chi connectivity index (χ0n) is 11.9. The molecular formula is C15H26O3. The van der Waals surface area contributed by atoms with Crippen molar-refractivity contribution in [3.63, 3.8) is 0 Å². The number of Topliss-reactive ketones (excluding diaryl/α,β-unsaturated/α-hetero) is 1. The highest BCUT2D eigenvalue weighted by Gasteiger charge is 2.58. The second-order valence-electron chi connectivity index (χ2n) is 7.02. The molecule has 2 saturated carbocycles. The van der Waals surface area contributed by atoms with E-state index in [1.165, 1.54) is 0 Å². The molecular weight excluding hydrogens is 228 g/mol. The van der Waals surface area contributed by atoms with Crippen LogP contribution in [0.4, 0.5) is 0 Å². The molecule has 0 amide bonds. The van der Waals surface area contributed by atoms with Crippen LogP contribution in [0.2, 0.25) is 0 Å². The van der Waals surface area contributed by atoms with Crippen LogP contribution in [0.25, 0.3) is 0 Å². The average molecular weight is 254 g/mol. The largest absolute Gasteiger partial charge is 0.392 e. The normalized spacial score (nSPS) is 48.3. The van der Waals surface area contributed by atoms with E-state index < -0.39 is 12.2 Å². The van der Waals surface area contributed by atoms with Gasteiger partial charge in [-0.1, -0.05) is 20.8 Å². The molecule has 0 heterocycles. The van der Waals surface area contributed by atoms with Gasteiger partial charge in [0.2, 0.25) is 0 Å². The molecule has 0 radical (unpaired) electrons. The molecule has 0 saturated heterocycles. The highest BCUT2D eigenvalue weighted by Crippen LogP contribution is 2.57. The van der Waals surface area contributed by atoms with Crippen LogP contribution in [-0.2, 0) is 4.79 Å². The van der Waals surface area contributed by atoms with E-state index in [2.05, 4.69) is 20.8 Å². The molecule has 0 aromatic heterocycles. The van der Waals surface area contributed by atoms with E-state index in [9.17, 15) is 15.0 Å². The van der Waals surface area contributed by atoms with E-state index in [-0.39, 0.29) is 29.0 Å². The van der Waals surface area contributed by atoms with Crippen molar-refractivity contribution in [3.05, 3.63) is 0 Å². The maximum Gasteiger partial charge on any atom is 0.135 e. The van der Waals surface area contributed by atoms with Gasteiger partial charge >= 0.3 is 0 Å². The van der Waals surface area contributed by atoms with E-state index in [1.807, 2.05) is 0 Å². The fraction of sp³-hybridized carbons (Fsp3) is 0.933. The minimum Gasteiger partial charge on any atom is -0.392 e. The first-order valence-electron chi connectivity index (χ1n) is 7.14. The third kappa shape index (κ3) is 2.01. The van der Waals surface area contributed by atoms with E-state index in [0.29, 0.717) is 12.3 Å². The molecule has 0 unspecified atom stereocenters. The first-order chi connectivity index (χ1) is 8.28. The third-order valence-electron chi connectivity index (χ3n) is 5.46. The summed E-state index contributed by atoms with van der Waals surface area (Å²) in [7, 11) is 0. The van der Waals surface area contributed by atoms with Crippen molar-refractivity contribution in [3.8, 4) is 0 Å². The fourth-order valence-electron chi connectivity index (χ4n) is 4.49. The van der Waals surface area contributed by atoms with Crippen molar-refractivity contribution < 1.29 is 15.0 Å². The molecule has 3 heteroatoms. The van der Waals surface area contributed by atoms with Gasteiger partial charge < -0.3 is 10.2 Å². The Labute approximate surface area is 110 Å². The summed E-state index contributed by atoms with van der Waals surface area (Å²) in [6.07, 6.45) is 1.65. The van der Waals surface area contributed by atoms with Gasteiger partial charge in [0.05, 0.1) is 12.2 Å². The number of rotatable bonds is 2. The second kappa shape index (κ2) is 4.61. The minimum atomic E-state index is -0.571. The Kier molecular flexibility index (Phi) is 3.58. The Hall–Kier alpha value is -0.410. The summed E-state index contributed by atoms with van der Waals surface area (Å²) in [6, 6.07) is 0. The Balaban J connectivity index is 2.32. The van der Waals surface area contributed by atoms with Crippen molar-refractivity contribution in [1.82, 2.24) is 0 Å². The zero-order valence-corrected chi connectivity index (χ0v) is 11.9. The van der Waals surface area contributed by atoms with Crippen molar-refractivity contribution in [1.29, 1.82) is 0 Å². The molecule has 2 aliphatic rings. The number of hydrogen-bond acceptors (Lipinski definition) is 3. The van der Waals surface area contributed by atoms with Gasteiger partial charge in [0.25, 0.3) is 0 Å². The topological polar surface area (TPSA) is 57.5 Å². The quantitative estimate of drug-likeness (QED) is 0.792.